The Morgan fingerprint density at radius 3 is 2.65 bits per heavy atom. The lowest BCUT2D eigenvalue weighted by atomic mass is 10.1. The number of nitrogens with two attached hydrogens (primary N) is 1. The van der Waals surface area contributed by atoms with Crippen LogP contribution in [0.5, 0.6) is 0 Å². The maximum absolute atomic E-state index is 12.1. The predicted molar refractivity (Wildman–Crippen MR) is 127 cm³/mol. The Kier molecular flexibility index (Phi) is 6.47. The van der Waals surface area contributed by atoms with Gasteiger partial charge >= 0.3 is 0 Å². The topological polar surface area (TPSA) is 97.3 Å². The fourth-order valence-corrected chi connectivity index (χ4v) is 3.66. The minimum Gasteiger partial charge on any atom is -0.398 e. The number of amides is 1. The molecular weight excluding hydrogens is 456 g/mol. The lowest BCUT2D eigenvalue weighted by molar-refractivity contribution is -0.120. The number of rotatable bonds is 8. The van der Waals surface area contributed by atoms with Crippen LogP contribution < -0.4 is 16.4 Å². The third-order valence-electron chi connectivity index (χ3n) is 4.90. The number of aryl methyl sites for hydroxylation is 1. The number of nitrogens with zero attached hydrogens (tertiary/aromatic N) is 3. The summed E-state index contributed by atoms with van der Waals surface area (Å²) in [7, 11) is 0. The van der Waals surface area contributed by atoms with Gasteiger partial charge in [-0.3, -0.25) is 4.79 Å². The van der Waals surface area contributed by atoms with E-state index in [1.807, 2.05) is 60.7 Å². The predicted octanol–water partition coefficient (Wildman–Crippen LogP) is 3.90. The first-order valence-electron chi connectivity index (χ1n) is 10.1. The van der Waals surface area contributed by atoms with Crippen LogP contribution in [-0.2, 0) is 11.2 Å². The van der Waals surface area contributed by atoms with Crippen molar-refractivity contribution in [2.75, 3.05) is 24.1 Å². The lowest BCUT2D eigenvalue weighted by Gasteiger charge is -2.12. The van der Waals surface area contributed by atoms with Gasteiger partial charge in [-0.2, -0.15) is 9.61 Å². The smallest absolute Gasteiger partial charge is 0.220 e. The number of carbonyl (C=O) groups excluding carboxylic acids is 1. The second-order valence-electron chi connectivity index (χ2n) is 7.10. The molecule has 0 aliphatic rings. The zero-order chi connectivity index (χ0) is 21.6. The van der Waals surface area contributed by atoms with E-state index in [0.717, 1.165) is 33.5 Å². The van der Waals surface area contributed by atoms with Gasteiger partial charge < -0.3 is 16.4 Å². The van der Waals surface area contributed by atoms with E-state index in [2.05, 4.69) is 31.7 Å². The number of para-hydroxylation sites is 1. The molecule has 0 atom stereocenters. The highest BCUT2D eigenvalue weighted by Crippen LogP contribution is 2.28. The molecule has 7 nitrogen and oxygen atoms in total. The zero-order valence-corrected chi connectivity index (χ0v) is 18.5. The summed E-state index contributed by atoms with van der Waals surface area (Å²) in [6.07, 6.45) is 2.90. The first-order chi connectivity index (χ1) is 15.1. The Bertz CT molecular complexity index is 1190. The summed E-state index contributed by atoms with van der Waals surface area (Å²) < 4.78 is 2.52. The monoisotopic (exact) mass is 478 g/mol. The van der Waals surface area contributed by atoms with Crippen molar-refractivity contribution >= 4 is 39.0 Å². The van der Waals surface area contributed by atoms with E-state index >= 15 is 0 Å². The second-order valence-corrected chi connectivity index (χ2v) is 7.96. The molecule has 2 aromatic heterocycles. The fourth-order valence-electron chi connectivity index (χ4n) is 3.31. The average Bonchev–Trinajstić information content (AvgIpc) is 3.17. The maximum Gasteiger partial charge on any atom is 0.220 e. The Labute approximate surface area is 188 Å². The molecule has 0 bridgehead atoms. The molecule has 0 fully saturated rings. The molecule has 0 saturated heterocycles. The lowest BCUT2D eigenvalue weighted by Crippen LogP contribution is -2.29. The normalized spacial score (nSPS) is 10.9. The van der Waals surface area contributed by atoms with Gasteiger partial charge in [-0.25, -0.2) is 4.98 Å². The maximum atomic E-state index is 12.1. The minimum atomic E-state index is 0.0325. The van der Waals surface area contributed by atoms with Crippen molar-refractivity contribution in [2.24, 2.45) is 0 Å². The summed E-state index contributed by atoms with van der Waals surface area (Å²) in [4.78, 5) is 16.8. The molecule has 1 amide bonds. The molecule has 2 heterocycles. The molecule has 0 unspecified atom stereocenters. The van der Waals surface area contributed by atoms with Crippen LogP contribution in [0.1, 0.15) is 12.0 Å². The van der Waals surface area contributed by atoms with E-state index in [1.165, 1.54) is 0 Å². The number of halogens is 1. The van der Waals surface area contributed by atoms with Crippen LogP contribution in [-0.4, -0.2) is 33.6 Å². The summed E-state index contributed by atoms with van der Waals surface area (Å²) in [6, 6.07) is 19.5. The molecule has 0 spiro atoms. The average molecular weight is 479 g/mol. The highest BCUT2D eigenvalue weighted by molar-refractivity contribution is 9.10. The number of aromatic nitrogens is 3. The van der Waals surface area contributed by atoms with E-state index in [4.69, 9.17) is 10.7 Å². The van der Waals surface area contributed by atoms with Crippen LogP contribution in [0.2, 0.25) is 0 Å². The molecule has 0 aliphatic heterocycles. The molecule has 4 N–H and O–H groups in total. The first kappa shape index (κ1) is 20.9. The Morgan fingerprint density at radius 2 is 1.84 bits per heavy atom. The van der Waals surface area contributed by atoms with Gasteiger partial charge in [0, 0.05) is 36.8 Å². The third kappa shape index (κ3) is 5.03. The molecule has 4 rings (SSSR count). The van der Waals surface area contributed by atoms with Gasteiger partial charge in [0.25, 0.3) is 0 Å². The molecule has 8 heteroatoms. The van der Waals surface area contributed by atoms with Crippen molar-refractivity contribution in [2.45, 2.75) is 12.8 Å². The molecule has 4 aromatic rings. The van der Waals surface area contributed by atoms with Gasteiger partial charge in [-0.15, -0.1) is 0 Å². The molecular formula is C23H23BrN6O. The fraction of sp³-hybridized carbons (Fsp3) is 0.174. The SMILES string of the molecule is Nc1ccccc1-c1cc(NCCNC(=O)CCc2ccccc2)n2ncc(Br)c2n1. The van der Waals surface area contributed by atoms with Gasteiger partial charge in [-0.1, -0.05) is 48.5 Å². The van der Waals surface area contributed by atoms with Gasteiger partial charge in [0.1, 0.15) is 5.82 Å². The molecule has 31 heavy (non-hydrogen) atoms. The summed E-state index contributed by atoms with van der Waals surface area (Å²) in [5.41, 5.74) is 10.3. The van der Waals surface area contributed by atoms with E-state index < -0.39 is 0 Å². The largest absolute Gasteiger partial charge is 0.398 e. The van der Waals surface area contributed by atoms with Crippen LogP contribution in [0.15, 0.2) is 71.3 Å². The summed E-state index contributed by atoms with van der Waals surface area (Å²) in [6.45, 7) is 1.06. The number of benzene rings is 2. The van der Waals surface area contributed by atoms with Crippen LogP contribution in [0, 0.1) is 0 Å². The molecule has 158 valence electrons. The molecule has 0 saturated carbocycles. The summed E-state index contributed by atoms with van der Waals surface area (Å²) in [5.74, 6) is 0.803. The van der Waals surface area contributed by atoms with Crippen molar-refractivity contribution in [3.05, 3.63) is 76.9 Å². The van der Waals surface area contributed by atoms with Crippen molar-refractivity contribution in [1.82, 2.24) is 19.9 Å². The second kappa shape index (κ2) is 9.61. The minimum absolute atomic E-state index is 0.0325. The number of nitrogen functional groups attached to an aromatic ring is 1. The van der Waals surface area contributed by atoms with Gasteiger partial charge in [0.05, 0.1) is 16.4 Å². The highest BCUT2D eigenvalue weighted by Gasteiger charge is 2.13. The summed E-state index contributed by atoms with van der Waals surface area (Å²) in [5, 5.41) is 10.7. The Hall–Kier alpha value is -3.39. The molecule has 0 aliphatic carbocycles. The van der Waals surface area contributed by atoms with Crippen molar-refractivity contribution in [3.8, 4) is 11.3 Å². The quantitative estimate of drug-likeness (QED) is 0.263. The summed E-state index contributed by atoms with van der Waals surface area (Å²) >= 11 is 3.50. The molecule has 0 radical (unpaired) electrons. The van der Waals surface area contributed by atoms with E-state index in [0.29, 0.717) is 30.8 Å². The van der Waals surface area contributed by atoms with Crippen LogP contribution >= 0.6 is 15.9 Å². The number of carbonyl (C=O) groups is 1. The number of nitrogens with one attached hydrogen (secondary N) is 2. The van der Waals surface area contributed by atoms with E-state index in [9.17, 15) is 4.79 Å². The van der Waals surface area contributed by atoms with Crippen LogP contribution in [0.3, 0.4) is 0 Å². The van der Waals surface area contributed by atoms with Gasteiger partial charge in [0.2, 0.25) is 5.91 Å². The Morgan fingerprint density at radius 1 is 1.06 bits per heavy atom. The van der Waals surface area contributed by atoms with E-state index in [-0.39, 0.29) is 5.91 Å². The number of anilines is 2. The zero-order valence-electron chi connectivity index (χ0n) is 16.9. The third-order valence-corrected chi connectivity index (χ3v) is 5.46. The highest BCUT2D eigenvalue weighted by atomic mass is 79.9. The standard InChI is InChI=1S/C23H23BrN6O/c24-18-15-28-30-21(14-20(29-23(18)30)17-8-4-5-9-19(17)25)26-12-13-27-22(31)11-10-16-6-2-1-3-7-16/h1-9,14-15,26H,10-13,25H2,(H,27,31). The van der Waals surface area contributed by atoms with Crippen LogP contribution in [0.4, 0.5) is 11.5 Å². The van der Waals surface area contributed by atoms with Crippen molar-refractivity contribution < 1.29 is 4.79 Å². The van der Waals surface area contributed by atoms with Gasteiger partial charge in [-0.05, 0) is 34.0 Å². The van der Waals surface area contributed by atoms with Crippen molar-refractivity contribution in [3.63, 3.8) is 0 Å². The number of hydrogen-bond donors (Lipinski definition) is 3. The van der Waals surface area contributed by atoms with E-state index in [1.54, 1.807) is 10.7 Å². The number of hydrogen-bond acceptors (Lipinski definition) is 5. The Balaban J connectivity index is 1.40. The van der Waals surface area contributed by atoms with Crippen molar-refractivity contribution in [1.29, 1.82) is 0 Å². The number of fused-ring (bicyclic) bond motifs is 1. The van der Waals surface area contributed by atoms with Crippen LogP contribution in [0.25, 0.3) is 16.9 Å². The van der Waals surface area contributed by atoms with Gasteiger partial charge in [0.15, 0.2) is 5.65 Å². The first-order valence-corrected chi connectivity index (χ1v) is 10.8. The molecule has 2 aromatic carbocycles.